The molecule has 1 aliphatic heterocycles. The van der Waals surface area contributed by atoms with Crippen molar-refractivity contribution in [2.45, 2.75) is 19.1 Å². The molecule has 0 N–H and O–H groups in total. The maximum absolute atomic E-state index is 14.2. The highest BCUT2D eigenvalue weighted by atomic mass is 79.9. The van der Waals surface area contributed by atoms with Crippen molar-refractivity contribution in [1.82, 2.24) is 4.90 Å². The monoisotopic (exact) mass is 427 g/mol. The van der Waals surface area contributed by atoms with Crippen LogP contribution in [0.4, 0.5) is 4.39 Å². The van der Waals surface area contributed by atoms with Crippen LogP contribution in [-0.2, 0) is 17.7 Å². The van der Waals surface area contributed by atoms with Gasteiger partial charge in [0.1, 0.15) is 11.6 Å². The summed E-state index contributed by atoms with van der Waals surface area (Å²) >= 11 is 9.28. The molecule has 1 heterocycles. The lowest BCUT2D eigenvalue weighted by Gasteiger charge is -2.33. The lowest BCUT2D eigenvalue weighted by Crippen LogP contribution is -2.43. The molecule has 1 saturated heterocycles. The van der Waals surface area contributed by atoms with E-state index in [4.69, 9.17) is 21.1 Å². The van der Waals surface area contributed by atoms with Crippen LogP contribution in [0.5, 0.6) is 5.75 Å². The van der Waals surface area contributed by atoms with Gasteiger partial charge in [-0.05, 0) is 29.8 Å². The topological polar surface area (TPSA) is 21.7 Å². The first kappa shape index (κ1) is 18.6. The van der Waals surface area contributed by atoms with Gasteiger partial charge in [0.2, 0.25) is 0 Å². The maximum atomic E-state index is 14.2. The second-order valence-corrected chi connectivity index (χ2v) is 7.42. The largest absolute Gasteiger partial charge is 0.497 e. The average Bonchev–Trinajstić information content (AvgIpc) is 2.59. The zero-order chi connectivity index (χ0) is 17.8. The first-order chi connectivity index (χ1) is 12.0. The molecular formula is C19H20BrClFNO2. The van der Waals surface area contributed by atoms with E-state index in [2.05, 4.69) is 33.0 Å². The highest BCUT2D eigenvalue weighted by Crippen LogP contribution is 2.27. The van der Waals surface area contributed by atoms with Gasteiger partial charge in [-0.15, -0.1) is 0 Å². The summed E-state index contributed by atoms with van der Waals surface area (Å²) in [7, 11) is 1.66. The molecule has 1 aliphatic rings. The van der Waals surface area contributed by atoms with Gasteiger partial charge < -0.3 is 9.47 Å². The Hall–Kier alpha value is -1.14. The Balaban J connectivity index is 1.63. The Labute approximate surface area is 160 Å². The van der Waals surface area contributed by atoms with Gasteiger partial charge in [-0.25, -0.2) is 4.39 Å². The molecule has 0 amide bonds. The van der Waals surface area contributed by atoms with E-state index in [9.17, 15) is 4.39 Å². The Bertz CT molecular complexity index is 703. The molecule has 2 aromatic rings. The Morgan fingerprint density at radius 2 is 2.08 bits per heavy atom. The minimum Gasteiger partial charge on any atom is -0.497 e. The van der Waals surface area contributed by atoms with Crippen LogP contribution in [0.25, 0.3) is 0 Å². The molecule has 1 unspecified atom stereocenters. The highest BCUT2D eigenvalue weighted by Gasteiger charge is 2.23. The number of methoxy groups -OCH3 is 1. The molecular weight excluding hydrogens is 409 g/mol. The molecule has 0 aromatic heterocycles. The van der Waals surface area contributed by atoms with Gasteiger partial charge >= 0.3 is 0 Å². The second kappa shape index (κ2) is 8.49. The number of hydrogen-bond donors (Lipinski definition) is 0. The molecule has 3 nitrogen and oxygen atoms in total. The summed E-state index contributed by atoms with van der Waals surface area (Å²) < 4.78 is 25.9. The molecule has 0 bridgehead atoms. The van der Waals surface area contributed by atoms with Crippen LogP contribution in [0, 0.1) is 5.82 Å². The van der Waals surface area contributed by atoms with Crippen molar-refractivity contribution in [3.63, 3.8) is 0 Å². The molecule has 3 rings (SSSR count). The summed E-state index contributed by atoms with van der Waals surface area (Å²) in [5, 5.41) is 0.388. The Morgan fingerprint density at radius 3 is 2.76 bits per heavy atom. The lowest BCUT2D eigenvalue weighted by atomic mass is 10.1. The normalized spacial score (nSPS) is 18.3. The second-order valence-electron chi connectivity index (χ2n) is 6.13. The van der Waals surface area contributed by atoms with E-state index in [1.54, 1.807) is 13.2 Å². The zero-order valence-electron chi connectivity index (χ0n) is 14.0. The van der Waals surface area contributed by atoms with E-state index >= 15 is 0 Å². The Kier molecular flexibility index (Phi) is 6.34. The van der Waals surface area contributed by atoms with Crippen LogP contribution in [0.3, 0.4) is 0 Å². The molecule has 134 valence electrons. The number of halogens is 3. The zero-order valence-corrected chi connectivity index (χ0v) is 16.3. The summed E-state index contributed by atoms with van der Waals surface area (Å²) in [6.07, 6.45) is 0.474. The van der Waals surface area contributed by atoms with E-state index in [1.807, 2.05) is 12.1 Å². The van der Waals surface area contributed by atoms with Crippen LogP contribution < -0.4 is 4.74 Å². The van der Waals surface area contributed by atoms with E-state index in [0.717, 1.165) is 25.4 Å². The SMILES string of the molecule is COc1ccc(CN2CCOC(Cc3c(F)cc(Cl)cc3Br)C2)cc1. The molecule has 1 fully saturated rings. The fourth-order valence-corrected chi connectivity index (χ4v) is 3.97. The Morgan fingerprint density at radius 1 is 1.32 bits per heavy atom. The number of benzene rings is 2. The quantitative estimate of drug-likeness (QED) is 0.689. The van der Waals surface area contributed by atoms with Crippen molar-refractivity contribution in [1.29, 1.82) is 0 Å². The molecule has 2 aromatic carbocycles. The molecule has 0 spiro atoms. The van der Waals surface area contributed by atoms with Crippen LogP contribution in [0.1, 0.15) is 11.1 Å². The summed E-state index contributed by atoms with van der Waals surface area (Å²) in [6, 6.07) is 11.1. The van der Waals surface area contributed by atoms with Crippen LogP contribution in [0.15, 0.2) is 40.9 Å². The third kappa shape index (κ3) is 4.94. The van der Waals surface area contributed by atoms with Crippen LogP contribution in [-0.4, -0.2) is 37.8 Å². The minimum atomic E-state index is -0.296. The van der Waals surface area contributed by atoms with Gasteiger partial charge in [0.15, 0.2) is 0 Å². The van der Waals surface area contributed by atoms with E-state index < -0.39 is 0 Å². The van der Waals surface area contributed by atoms with Crippen molar-refractivity contribution >= 4 is 27.5 Å². The van der Waals surface area contributed by atoms with E-state index in [-0.39, 0.29) is 11.9 Å². The molecule has 6 heteroatoms. The fraction of sp³-hybridized carbons (Fsp3) is 0.368. The van der Waals surface area contributed by atoms with Crippen molar-refractivity contribution < 1.29 is 13.9 Å². The molecule has 1 atom stereocenters. The van der Waals surface area contributed by atoms with Crippen molar-refractivity contribution in [2.75, 3.05) is 26.8 Å². The fourth-order valence-electron chi connectivity index (χ4n) is 3.03. The first-order valence-corrected chi connectivity index (χ1v) is 9.32. The van der Waals surface area contributed by atoms with Crippen LogP contribution >= 0.6 is 27.5 Å². The summed E-state index contributed by atoms with van der Waals surface area (Å²) in [6.45, 7) is 3.12. The highest BCUT2D eigenvalue weighted by molar-refractivity contribution is 9.10. The van der Waals surface area contributed by atoms with Gasteiger partial charge in [0.05, 0.1) is 19.8 Å². The number of ether oxygens (including phenoxy) is 2. The van der Waals surface area contributed by atoms with Gasteiger partial charge in [-0.3, -0.25) is 4.90 Å². The molecule has 25 heavy (non-hydrogen) atoms. The summed E-state index contributed by atoms with van der Waals surface area (Å²) in [5.74, 6) is 0.557. The third-order valence-corrected chi connectivity index (χ3v) is 5.25. The minimum absolute atomic E-state index is 0.0426. The number of rotatable bonds is 5. The lowest BCUT2D eigenvalue weighted by molar-refractivity contribution is -0.0309. The average molecular weight is 429 g/mol. The predicted octanol–water partition coefficient (Wildman–Crippen LogP) is 4.69. The number of hydrogen-bond acceptors (Lipinski definition) is 3. The van der Waals surface area contributed by atoms with Crippen molar-refractivity contribution in [2.24, 2.45) is 0 Å². The summed E-state index contributed by atoms with van der Waals surface area (Å²) in [5.41, 5.74) is 1.83. The molecule has 0 aliphatic carbocycles. The van der Waals surface area contributed by atoms with Gasteiger partial charge in [-0.2, -0.15) is 0 Å². The third-order valence-electron chi connectivity index (χ3n) is 4.33. The predicted molar refractivity (Wildman–Crippen MR) is 101 cm³/mol. The van der Waals surface area contributed by atoms with Crippen molar-refractivity contribution in [3.05, 3.63) is 62.8 Å². The van der Waals surface area contributed by atoms with Crippen molar-refractivity contribution in [3.8, 4) is 5.75 Å². The van der Waals surface area contributed by atoms with Crippen LogP contribution in [0.2, 0.25) is 5.02 Å². The summed E-state index contributed by atoms with van der Waals surface area (Å²) in [4.78, 5) is 2.33. The van der Waals surface area contributed by atoms with Gasteiger partial charge in [0.25, 0.3) is 0 Å². The first-order valence-electron chi connectivity index (χ1n) is 8.15. The number of nitrogens with zero attached hydrogens (tertiary/aromatic N) is 1. The standard InChI is InChI=1S/C19H20BrClFNO2/c1-24-15-4-2-13(3-5-15)11-23-6-7-25-16(12-23)10-17-18(20)8-14(21)9-19(17)22/h2-5,8-9,16H,6-7,10-12H2,1H3. The smallest absolute Gasteiger partial charge is 0.129 e. The number of morpholine rings is 1. The van der Waals surface area contributed by atoms with Gasteiger partial charge in [-0.1, -0.05) is 39.7 Å². The molecule has 0 radical (unpaired) electrons. The maximum Gasteiger partial charge on any atom is 0.129 e. The van der Waals surface area contributed by atoms with E-state index in [1.165, 1.54) is 11.6 Å². The van der Waals surface area contributed by atoms with Gasteiger partial charge in [0, 0.05) is 41.1 Å². The van der Waals surface area contributed by atoms with E-state index in [0.29, 0.717) is 28.1 Å². The molecule has 0 saturated carbocycles.